The second-order valence-electron chi connectivity index (χ2n) is 5.15. The molecule has 0 aliphatic carbocycles. The zero-order chi connectivity index (χ0) is 18.3. The number of primary sulfonamides is 1. The molecule has 8 nitrogen and oxygen atoms in total. The number of hydrogen-bond acceptors (Lipinski definition) is 6. The zero-order valence-corrected chi connectivity index (χ0v) is 14.3. The molecule has 0 saturated carbocycles. The van der Waals surface area contributed by atoms with E-state index in [1.165, 1.54) is 24.5 Å². The second kappa shape index (κ2) is 8.36. The molecule has 0 spiro atoms. The molecule has 132 valence electrons. The molecular weight excluding hydrogens is 342 g/mol. The van der Waals surface area contributed by atoms with Gasteiger partial charge in [0.15, 0.2) is 0 Å². The third-order valence-electron chi connectivity index (χ3n) is 3.26. The number of nitrogens with zero attached hydrogens (tertiary/aromatic N) is 2. The van der Waals surface area contributed by atoms with E-state index in [1.54, 1.807) is 18.2 Å². The Labute approximate surface area is 146 Å². The lowest BCUT2D eigenvalue weighted by atomic mass is 10.1. The number of nitrogens with one attached hydrogen (secondary N) is 2. The molecule has 2 rings (SSSR count). The van der Waals surface area contributed by atoms with Crippen molar-refractivity contribution in [1.29, 1.82) is 0 Å². The third kappa shape index (κ3) is 5.66. The standard InChI is InChI=1S/C16H19N5O3S/c1-2-8-18-15-11-20-14(10-21-15)16(22)19-9-7-12-3-5-13(6-4-12)25(17,23)24/h2-6,10-11H,1,7-9H2,(H,18,21)(H,19,22)(H2,17,23,24). The van der Waals surface area contributed by atoms with E-state index >= 15 is 0 Å². The number of carbonyl (C=O) groups is 1. The molecule has 1 aromatic heterocycles. The van der Waals surface area contributed by atoms with Crippen LogP contribution in [0.3, 0.4) is 0 Å². The highest BCUT2D eigenvalue weighted by atomic mass is 32.2. The maximum absolute atomic E-state index is 12.0. The molecule has 1 heterocycles. The lowest BCUT2D eigenvalue weighted by Crippen LogP contribution is -2.26. The van der Waals surface area contributed by atoms with Crippen molar-refractivity contribution in [3.05, 3.63) is 60.6 Å². The van der Waals surface area contributed by atoms with Crippen molar-refractivity contribution in [3.63, 3.8) is 0 Å². The van der Waals surface area contributed by atoms with Crippen LogP contribution in [0.2, 0.25) is 0 Å². The van der Waals surface area contributed by atoms with Crippen molar-refractivity contribution < 1.29 is 13.2 Å². The number of rotatable bonds is 8. The van der Waals surface area contributed by atoms with E-state index < -0.39 is 10.0 Å². The van der Waals surface area contributed by atoms with Crippen molar-refractivity contribution in [1.82, 2.24) is 15.3 Å². The summed E-state index contributed by atoms with van der Waals surface area (Å²) in [6.45, 7) is 4.53. The van der Waals surface area contributed by atoms with Crippen LogP contribution >= 0.6 is 0 Å². The summed E-state index contributed by atoms with van der Waals surface area (Å²) in [7, 11) is -3.69. The number of sulfonamides is 1. The summed E-state index contributed by atoms with van der Waals surface area (Å²) in [4.78, 5) is 20.2. The van der Waals surface area contributed by atoms with Gasteiger partial charge in [-0.15, -0.1) is 6.58 Å². The van der Waals surface area contributed by atoms with E-state index in [1.807, 2.05) is 0 Å². The molecule has 0 radical (unpaired) electrons. The fourth-order valence-electron chi connectivity index (χ4n) is 1.97. The van der Waals surface area contributed by atoms with E-state index in [2.05, 4.69) is 27.2 Å². The van der Waals surface area contributed by atoms with Gasteiger partial charge in [0, 0.05) is 13.1 Å². The molecule has 0 saturated heterocycles. The Kier molecular flexibility index (Phi) is 6.20. The van der Waals surface area contributed by atoms with Gasteiger partial charge in [0.1, 0.15) is 11.5 Å². The lowest BCUT2D eigenvalue weighted by Gasteiger charge is -2.06. The summed E-state index contributed by atoms with van der Waals surface area (Å²) < 4.78 is 22.4. The molecule has 1 aromatic carbocycles. The molecule has 9 heteroatoms. The monoisotopic (exact) mass is 361 g/mol. The van der Waals surface area contributed by atoms with Gasteiger partial charge in [-0.3, -0.25) is 4.79 Å². The van der Waals surface area contributed by atoms with E-state index in [9.17, 15) is 13.2 Å². The van der Waals surface area contributed by atoms with E-state index in [0.29, 0.717) is 25.3 Å². The first-order valence-electron chi connectivity index (χ1n) is 7.47. The molecule has 0 fully saturated rings. The van der Waals surface area contributed by atoms with Crippen molar-refractivity contribution in [3.8, 4) is 0 Å². The Morgan fingerprint density at radius 2 is 1.92 bits per heavy atom. The first-order valence-corrected chi connectivity index (χ1v) is 9.01. The minimum Gasteiger partial charge on any atom is -0.365 e. The molecule has 25 heavy (non-hydrogen) atoms. The largest absolute Gasteiger partial charge is 0.365 e. The Morgan fingerprint density at radius 1 is 1.20 bits per heavy atom. The average molecular weight is 361 g/mol. The fourth-order valence-corrected chi connectivity index (χ4v) is 2.49. The van der Waals surface area contributed by atoms with Crippen LogP contribution in [0, 0.1) is 0 Å². The zero-order valence-electron chi connectivity index (χ0n) is 13.5. The van der Waals surface area contributed by atoms with Crippen LogP contribution < -0.4 is 15.8 Å². The number of benzene rings is 1. The topological polar surface area (TPSA) is 127 Å². The van der Waals surface area contributed by atoms with E-state index in [0.717, 1.165) is 5.56 Å². The van der Waals surface area contributed by atoms with Crippen LogP contribution in [-0.4, -0.2) is 37.4 Å². The molecule has 0 aliphatic rings. The number of carbonyl (C=O) groups excluding carboxylic acids is 1. The summed E-state index contributed by atoms with van der Waals surface area (Å²) in [5, 5.41) is 10.7. The number of anilines is 1. The third-order valence-corrected chi connectivity index (χ3v) is 4.19. The van der Waals surface area contributed by atoms with E-state index in [4.69, 9.17) is 5.14 Å². The summed E-state index contributed by atoms with van der Waals surface area (Å²) in [6.07, 6.45) is 5.10. The Hall–Kier alpha value is -2.78. The second-order valence-corrected chi connectivity index (χ2v) is 6.71. The van der Waals surface area contributed by atoms with Gasteiger partial charge in [0.2, 0.25) is 10.0 Å². The molecule has 0 unspecified atom stereocenters. The molecule has 2 aromatic rings. The van der Waals surface area contributed by atoms with Crippen LogP contribution in [-0.2, 0) is 16.4 Å². The van der Waals surface area contributed by atoms with Crippen LogP contribution in [0.15, 0.2) is 54.2 Å². The normalized spacial score (nSPS) is 10.9. The van der Waals surface area contributed by atoms with Gasteiger partial charge in [0.05, 0.1) is 17.3 Å². The quantitative estimate of drug-likeness (QED) is 0.594. The summed E-state index contributed by atoms with van der Waals surface area (Å²) in [5.41, 5.74) is 1.09. The molecule has 0 bridgehead atoms. The van der Waals surface area contributed by atoms with Gasteiger partial charge in [-0.05, 0) is 24.1 Å². The number of amides is 1. The van der Waals surface area contributed by atoms with Gasteiger partial charge in [-0.2, -0.15) is 0 Å². The maximum Gasteiger partial charge on any atom is 0.271 e. The highest BCUT2D eigenvalue weighted by molar-refractivity contribution is 7.89. The van der Waals surface area contributed by atoms with Gasteiger partial charge in [0.25, 0.3) is 5.91 Å². The van der Waals surface area contributed by atoms with Crippen LogP contribution in [0.4, 0.5) is 5.82 Å². The average Bonchev–Trinajstić information content (AvgIpc) is 2.60. The van der Waals surface area contributed by atoms with Crippen LogP contribution in [0.25, 0.3) is 0 Å². The predicted octanol–water partition coefficient (Wildman–Crippen LogP) is 0.694. The highest BCUT2D eigenvalue weighted by Crippen LogP contribution is 2.09. The Bertz CT molecular complexity index is 833. The highest BCUT2D eigenvalue weighted by Gasteiger charge is 2.09. The first-order chi connectivity index (χ1) is 11.9. The summed E-state index contributed by atoms with van der Waals surface area (Å²) in [5.74, 6) is 0.232. The summed E-state index contributed by atoms with van der Waals surface area (Å²) in [6, 6.07) is 6.19. The van der Waals surface area contributed by atoms with Crippen molar-refractivity contribution in [2.45, 2.75) is 11.3 Å². The molecule has 1 amide bonds. The molecule has 0 aliphatic heterocycles. The van der Waals surface area contributed by atoms with Crippen LogP contribution in [0.5, 0.6) is 0 Å². The smallest absolute Gasteiger partial charge is 0.271 e. The summed E-state index contributed by atoms with van der Waals surface area (Å²) >= 11 is 0. The van der Waals surface area contributed by atoms with E-state index in [-0.39, 0.29) is 16.5 Å². The van der Waals surface area contributed by atoms with Crippen molar-refractivity contribution >= 4 is 21.7 Å². The fraction of sp³-hybridized carbons (Fsp3) is 0.188. The van der Waals surface area contributed by atoms with Gasteiger partial charge in [-0.1, -0.05) is 18.2 Å². The SMILES string of the molecule is C=CCNc1cnc(C(=O)NCCc2ccc(S(N)(=O)=O)cc2)cn1. The minimum atomic E-state index is -3.69. The van der Waals surface area contributed by atoms with Gasteiger partial charge >= 0.3 is 0 Å². The first kappa shape index (κ1) is 18.6. The Balaban J connectivity index is 1.84. The number of nitrogens with two attached hydrogens (primary N) is 1. The van der Waals surface area contributed by atoms with Gasteiger partial charge < -0.3 is 10.6 Å². The molecular formula is C16H19N5O3S. The Morgan fingerprint density at radius 3 is 2.48 bits per heavy atom. The minimum absolute atomic E-state index is 0.0562. The predicted molar refractivity (Wildman–Crippen MR) is 94.6 cm³/mol. The lowest BCUT2D eigenvalue weighted by molar-refractivity contribution is 0.0949. The number of hydrogen-bond donors (Lipinski definition) is 3. The molecule has 0 atom stereocenters. The number of aromatic nitrogens is 2. The van der Waals surface area contributed by atoms with Crippen LogP contribution in [0.1, 0.15) is 16.1 Å². The van der Waals surface area contributed by atoms with Crippen molar-refractivity contribution in [2.75, 3.05) is 18.4 Å². The molecule has 4 N–H and O–H groups in total. The maximum atomic E-state index is 12.0. The van der Waals surface area contributed by atoms with Crippen molar-refractivity contribution in [2.24, 2.45) is 5.14 Å². The van der Waals surface area contributed by atoms with Gasteiger partial charge in [-0.25, -0.2) is 23.5 Å².